The third-order valence-electron chi connectivity index (χ3n) is 3.02. The molecule has 2 heteroatoms. The van der Waals surface area contributed by atoms with Crippen molar-refractivity contribution in [2.75, 3.05) is 0 Å². The largest absolute Gasteiger partial charge is 0.298 e. The van der Waals surface area contributed by atoms with E-state index in [4.69, 9.17) is 0 Å². The number of benzene rings is 1. The summed E-state index contributed by atoms with van der Waals surface area (Å²) in [6, 6.07) is 3.79. The van der Waals surface area contributed by atoms with Crippen LogP contribution in [0.5, 0.6) is 0 Å². The van der Waals surface area contributed by atoms with Crippen LogP contribution in [0.4, 0.5) is 0 Å². The van der Waals surface area contributed by atoms with E-state index in [1.54, 1.807) is 0 Å². The quantitative estimate of drug-likeness (QED) is 0.545. The molecule has 1 aliphatic carbocycles. The van der Waals surface area contributed by atoms with Gasteiger partial charge in [-0.1, -0.05) is 0 Å². The van der Waals surface area contributed by atoms with E-state index in [1.165, 1.54) is 30.9 Å². The number of carbonyl (C=O) groups is 2. The highest BCUT2D eigenvalue weighted by atomic mass is 16.1. The number of ketones is 1. The van der Waals surface area contributed by atoms with Crippen molar-refractivity contribution in [1.82, 2.24) is 0 Å². The minimum atomic E-state index is -0.0227. The molecule has 1 aliphatic rings. The first-order valence-corrected chi connectivity index (χ1v) is 5.34. The number of aldehydes is 1. The summed E-state index contributed by atoms with van der Waals surface area (Å²) >= 11 is 0. The van der Waals surface area contributed by atoms with Gasteiger partial charge in [0.1, 0.15) is 0 Å². The molecule has 0 aliphatic heterocycles. The maximum absolute atomic E-state index is 11.4. The normalized spacial score (nSPS) is 14.5. The van der Waals surface area contributed by atoms with Crippen LogP contribution in [0.15, 0.2) is 12.1 Å². The fourth-order valence-electron chi connectivity index (χ4n) is 2.21. The summed E-state index contributed by atoms with van der Waals surface area (Å²) in [7, 11) is 0. The van der Waals surface area contributed by atoms with Crippen molar-refractivity contribution in [2.24, 2.45) is 0 Å². The number of fused-ring (bicyclic) bond motifs is 1. The van der Waals surface area contributed by atoms with Crippen molar-refractivity contribution in [3.8, 4) is 0 Å². The molecule has 0 atom stereocenters. The SMILES string of the molecule is CC(=O)c1cc2c(cc1C=O)CCCC2. The average Bonchev–Trinajstić information content (AvgIpc) is 2.27. The van der Waals surface area contributed by atoms with E-state index in [0.717, 1.165) is 19.1 Å². The van der Waals surface area contributed by atoms with Gasteiger partial charge >= 0.3 is 0 Å². The topological polar surface area (TPSA) is 34.1 Å². The van der Waals surface area contributed by atoms with Crippen LogP contribution in [0, 0.1) is 0 Å². The molecule has 78 valence electrons. The van der Waals surface area contributed by atoms with Crippen molar-refractivity contribution in [1.29, 1.82) is 0 Å². The standard InChI is InChI=1S/C13H14O2/c1-9(15)13-7-11-5-3-2-4-10(11)6-12(13)8-14/h6-8H,2-5H2,1H3. The molecule has 0 heterocycles. The molecule has 0 aromatic heterocycles. The minimum Gasteiger partial charge on any atom is -0.298 e. The predicted molar refractivity (Wildman–Crippen MR) is 58.5 cm³/mol. The fourth-order valence-corrected chi connectivity index (χ4v) is 2.21. The zero-order valence-corrected chi connectivity index (χ0v) is 8.88. The van der Waals surface area contributed by atoms with Crippen LogP contribution in [-0.2, 0) is 12.8 Å². The van der Waals surface area contributed by atoms with Crippen molar-refractivity contribution in [3.05, 3.63) is 34.4 Å². The van der Waals surface area contributed by atoms with Crippen LogP contribution in [0.3, 0.4) is 0 Å². The predicted octanol–water partition coefficient (Wildman–Crippen LogP) is 2.58. The minimum absolute atomic E-state index is 0.0227. The number of rotatable bonds is 2. The second kappa shape index (κ2) is 3.97. The smallest absolute Gasteiger partial charge is 0.160 e. The molecule has 0 saturated carbocycles. The van der Waals surface area contributed by atoms with Gasteiger partial charge in [0.25, 0.3) is 0 Å². The first kappa shape index (κ1) is 10.1. The van der Waals surface area contributed by atoms with E-state index in [0.29, 0.717) is 11.1 Å². The molecule has 0 bridgehead atoms. The van der Waals surface area contributed by atoms with Crippen molar-refractivity contribution in [3.63, 3.8) is 0 Å². The summed E-state index contributed by atoms with van der Waals surface area (Å²) in [4.78, 5) is 22.2. The number of Topliss-reactive ketones (excluding diaryl/α,β-unsaturated/α-hetero) is 1. The monoisotopic (exact) mass is 202 g/mol. The van der Waals surface area contributed by atoms with Gasteiger partial charge in [0.05, 0.1) is 0 Å². The van der Waals surface area contributed by atoms with E-state index in [1.807, 2.05) is 12.1 Å². The zero-order chi connectivity index (χ0) is 10.8. The molecule has 1 aromatic carbocycles. The first-order valence-electron chi connectivity index (χ1n) is 5.34. The van der Waals surface area contributed by atoms with Gasteiger partial charge in [-0.05, 0) is 55.9 Å². The maximum Gasteiger partial charge on any atom is 0.160 e. The van der Waals surface area contributed by atoms with Crippen LogP contribution in [0.2, 0.25) is 0 Å². The highest BCUT2D eigenvalue weighted by Crippen LogP contribution is 2.24. The Labute approximate surface area is 89.3 Å². The highest BCUT2D eigenvalue weighted by molar-refractivity contribution is 6.01. The molecular weight excluding hydrogens is 188 g/mol. The fraction of sp³-hybridized carbons (Fsp3) is 0.385. The van der Waals surface area contributed by atoms with Gasteiger partial charge in [-0.2, -0.15) is 0 Å². The average molecular weight is 202 g/mol. The Morgan fingerprint density at radius 3 is 2.33 bits per heavy atom. The zero-order valence-electron chi connectivity index (χ0n) is 8.88. The van der Waals surface area contributed by atoms with Crippen LogP contribution < -0.4 is 0 Å². The molecule has 0 fully saturated rings. The maximum atomic E-state index is 11.4. The third kappa shape index (κ3) is 1.84. The van der Waals surface area contributed by atoms with Crippen LogP contribution in [0.25, 0.3) is 0 Å². The van der Waals surface area contributed by atoms with E-state index in [9.17, 15) is 9.59 Å². The summed E-state index contributed by atoms with van der Waals surface area (Å²) in [6.07, 6.45) is 5.23. The lowest BCUT2D eigenvalue weighted by molar-refractivity contribution is 0.100. The molecule has 2 rings (SSSR count). The molecule has 15 heavy (non-hydrogen) atoms. The van der Waals surface area contributed by atoms with Gasteiger partial charge < -0.3 is 0 Å². The number of hydrogen-bond donors (Lipinski definition) is 0. The molecule has 2 nitrogen and oxygen atoms in total. The van der Waals surface area contributed by atoms with Gasteiger partial charge in [0, 0.05) is 11.1 Å². The first-order chi connectivity index (χ1) is 7.22. The highest BCUT2D eigenvalue weighted by Gasteiger charge is 2.14. The molecule has 0 saturated heterocycles. The molecule has 1 aromatic rings. The van der Waals surface area contributed by atoms with Gasteiger partial charge in [0.2, 0.25) is 0 Å². The summed E-state index contributed by atoms with van der Waals surface area (Å²) in [5.41, 5.74) is 3.61. The molecular formula is C13H14O2. The van der Waals surface area contributed by atoms with E-state index >= 15 is 0 Å². The second-order valence-electron chi connectivity index (χ2n) is 4.09. The van der Waals surface area contributed by atoms with E-state index in [-0.39, 0.29) is 5.78 Å². The lowest BCUT2D eigenvalue weighted by Crippen LogP contribution is -2.08. The number of aryl methyl sites for hydroxylation is 2. The van der Waals surface area contributed by atoms with Crippen LogP contribution in [0.1, 0.15) is 51.6 Å². The Kier molecular flexibility index (Phi) is 2.67. The third-order valence-corrected chi connectivity index (χ3v) is 3.02. The number of carbonyl (C=O) groups excluding carboxylic acids is 2. The Morgan fingerprint density at radius 1 is 1.20 bits per heavy atom. The van der Waals surface area contributed by atoms with Gasteiger partial charge in [-0.3, -0.25) is 9.59 Å². The van der Waals surface area contributed by atoms with E-state index in [2.05, 4.69) is 0 Å². The Bertz CT molecular complexity index is 419. The summed E-state index contributed by atoms with van der Waals surface area (Å²) in [6.45, 7) is 1.51. The molecule has 0 N–H and O–H groups in total. The number of hydrogen-bond acceptors (Lipinski definition) is 2. The molecule has 0 amide bonds. The summed E-state index contributed by atoms with van der Waals surface area (Å²) < 4.78 is 0. The van der Waals surface area contributed by atoms with Crippen molar-refractivity contribution in [2.45, 2.75) is 32.6 Å². The Morgan fingerprint density at radius 2 is 1.80 bits per heavy atom. The lowest BCUT2D eigenvalue weighted by Gasteiger charge is -2.17. The van der Waals surface area contributed by atoms with Gasteiger partial charge in [-0.25, -0.2) is 0 Å². The van der Waals surface area contributed by atoms with Crippen molar-refractivity contribution < 1.29 is 9.59 Å². The second-order valence-corrected chi connectivity index (χ2v) is 4.09. The molecule has 0 unspecified atom stereocenters. The summed E-state index contributed by atoms with van der Waals surface area (Å²) in [5, 5.41) is 0. The Balaban J connectivity index is 2.56. The van der Waals surface area contributed by atoms with Gasteiger partial charge in [-0.15, -0.1) is 0 Å². The van der Waals surface area contributed by atoms with Crippen LogP contribution in [-0.4, -0.2) is 12.1 Å². The Hall–Kier alpha value is -1.44. The molecule has 0 radical (unpaired) electrons. The molecule has 0 spiro atoms. The van der Waals surface area contributed by atoms with E-state index < -0.39 is 0 Å². The van der Waals surface area contributed by atoms with Crippen LogP contribution >= 0.6 is 0 Å². The lowest BCUT2D eigenvalue weighted by atomic mass is 9.87. The van der Waals surface area contributed by atoms with Crippen molar-refractivity contribution >= 4 is 12.1 Å². The van der Waals surface area contributed by atoms with Gasteiger partial charge in [0.15, 0.2) is 12.1 Å². The summed E-state index contributed by atoms with van der Waals surface area (Å²) in [5.74, 6) is -0.0227.